The van der Waals surface area contributed by atoms with E-state index in [1.165, 1.54) is 0 Å². The van der Waals surface area contributed by atoms with E-state index in [1.54, 1.807) is 24.3 Å². The van der Waals surface area contributed by atoms with Gasteiger partial charge in [-0.05, 0) is 0 Å². The molecule has 0 bridgehead atoms. The second-order valence-electron chi connectivity index (χ2n) is 3.99. The highest BCUT2D eigenvalue weighted by atomic mass is 32.2. The number of allylic oxidation sites excluding steroid dienone is 1. The van der Waals surface area contributed by atoms with Gasteiger partial charge in [0.2, 0.25) is 0 Å². The van der Waals surface area contributed by atoms with Crippen LogP contribution in [0.5, 0.6) is 11.5 Å². The molecular weight excluding hydrogens is 292 g/mol. The maximum absolute atomic E-state index is 10.3. The quantitative estimate of drug-likeness (QED) is 0.569. The Labute approximate surface area is 122 Å². The van der Waals surface area contributed by atoms with Crippen molar-refractivity contribution in [3.05, 3.63) is 34.1 Å². The van der Waals surface area contributed by atoms with Crippen molar-refractivity contribution in [2.45, 2.75) is 9.79 Å². The van der Waals surface area contributed by atoms with E-state index in [9.17, 15) is 10.2 Å². The molecule has 0 atom stereocenters. The Morgan fingerprint density at radius 1 is 0.900 bits per heavy atom. The van der Waals surface area contributed by atoms with E-state index in [2.05, 4.69) is 0 Å². The second kappa shape index (κ2) is 4.68. The lowest BCUT2D eigenvalue weighted by Crippen LogP contribution is -1.81. The smallest absolute Gasteiger partial charge is 0.150 e. The SMILES string of the molecule is N#CC(C#N)=C1Sc2c(c(O)c3ccccc3c2O)S1. The molecule has 96 valence electrons. The molecular formula is C14H6N2O2S2. The number of hydrogen-bond donors (Lipinski definition) is 2. The third-order valence-corrected chi connectivity index (χ3v) is 5.50. The Hall–Kier alpha value is -2.28. The molecule has 0 saturated heterocycles. The van der Waals surface area contributed by atoms with Crippen LogP contribution in [0.15, 0.2) is 43.9 Å². The summed E-state index contributed by atoms with van der Waals surface area (Å²) < 4.78 is 0.478. The number of phenolic OH excluding ortho intramolecular Hbond substituents is 2. The molecule has 1 aliphatic rings. The van der Waals surface area contributed by atoms with Gasteiger partial charge in [0, 0.05) is 10.8 Å². The van der Waals surface area contributed by atoms with Crippen LogP contribution in [0.4, 0.5) is 0 Å². The molecule has 6 heteroatoms. The average Bonchev–Trinajstić information content (AvgIpc) is 2.92. The Kier molecular flexibility index (Phi) is 2.98. The van der Waals surface area contributed by atoms with Crippen molar-refractivity contribution in [1.82, 2.24) is 0 Å². The van der Waals surface area contributed by atoms with Crippen LogP contribution in [0.1, 0.15) is 0 Å². The summed E-state index contributed by atoms with van der Waals surface area (Å²) in [6.07, 6.45) is 0. The number of aromatic hydroxyl groups is 2. The molecule has 3 rings (SSSR count). The summed E-state index contributed by atoms with van der Waals surface area (Å²) in [5.74, 6) is 0.132. The van der Waals surface area contributed by atoms with Crippen molar-refractivity contribution >= 4 is 34.3 Å². The Bertz CT molecular complexity index is 792. The van der Waals surface area contributed by atoms with Gasteiger partial charge in [-0.2, -0.15) is 10.5 Å². The monoisotopic (exact) mass is 298 g/mol. The molecule has 0 unspecified atom stereocenters. The predicted octanol–water partition coefficient (Wildman–Crippen LogP) is 3.71. The highest BCUT2D eigenvalue weighted by molar-refractivity contribution is 8.24. The van der Waals surface area contributed by atoms with Gasteiger partial charge in [-0.15, -0.1) is 0 Å². The minimum atomic E-state index is -0.0148. The molecule has 0 amide bonds. The van der Waals surface area contributed by atoms with Crippen LogP contribution in [-0.4, -0.2) is 10.2 Å². The number of nitrogens with zero attached hydrogens (tertiary/aromatic N) is 2. The van der Waals surface area contributed by atoms with Crippen LogP contribution >= 0.6 is 23.5 Å². The fourth-order valence-corrected chi connectivity index (χ4v) is 4.44. The number of fused-ring (bicyclic) bond motifs is 2. The van der Waals surface area contributed by atoms with E-state index in [0.29, 0.717) is 24.8 Å². The molecule has 0 saturated carbocycles. The zero-order valence-corrected chi connectivity index (χ0v) is 11.5. The molecule has 0 fully saturated rings. The molecule has 2 aromatic carbocycles. The zero-order chi connectivity index (χ0) is 14.3. The van der Waals surface area contributed by atoms with Gasteiger partial charge in [-0.25, -0.2) is 0 Å². The van der Waals surface area contributed by atoms with Crippen molar-refractivity contribution in [2.24, 2.45) is 0 Å². The molecule has 20 heavy (non-hydrogen) atoms. The molecule has 2 N–H and O–H groups in total. The van der Waals surface area contributed by atoms with Crippen LogP contribution in [0.3, 0.4) is 0 Å². The first kappa shape index (κ1) is 12.7. The highest BCUT2D eigenvalue weighted by Crippen LogP contribution is 2.60. The van der Waals surface area contributed by atoms with E-state index < -0.39 is 0 Å². The van der Waals surface area contributed by atoms with Gasteiger partial charge in [-0.1, -0.05) is 47.8 Å². The fraction of sp³-hybridized carbons (Fsp3) is 0. The summed E-state index contributed by atoms with van der Waals surface area (Å²) in [7, 11) is 0. The standard InChI is InChI=1S/C14H6N2O2S2/c15-5-7(6-16)14-19-12-10(17)8-3-1-2-4-9(8)11(18)13(12)20-14/h1-4,17-18H. The number of rotatable bonds is 0. The number of thioether (sulfide) groups is 2. The lowest BCUT2D eigenvalue weighted by Gasteiger charge is -2.08. The number of benzene rings is 2. The summed E-state index contributed by atoms with van der Waals surface area (Å²) >= 11 is 2.27. The van der Waals surface area contributed by atoms with Crippen molar-refractivity contribution in [3.8, 4) is 23.6 Å². The number of hydrogen-bond acceptors (Lipinski definition) is 6. The third-order valence-electron chi connectivity index (χ3n) is 2.89. The van der Waals surface area contributed by atoms with E-state index in [0.717, 1.165) is 23.5 Å². The minimum Gasteiger partial charge on any atom is -0.506 e. The van der Waals surface area contributed by atoms with Crippen LogP contribution < -0.4 is 0 Å². The molecule has 4 nitrogen and oxygen atoms in total. The van der Waals surface area contributed by atoms with E-state index >= 15 is 0 Å². The van der Waals surface area contributed by atoms with Gasteiger partial charge in [0.1, 0.15) is 29.2 Å². The van der Waals surface area contributed by atoms with E-state index in [-0.39, 0.29) is 17.1 Å². The van der Waals surface area contributed by atoms with Crippen LogP contribution in [0.25, 0.3) is 10.8 Å². The Morgan fingerprint density at radius 3 is 1.75 bits per heavy atom. The minimum absolute atomic E-state index is 0.0148. The van der Waals surface area contributed by atoms with Gasteiger partial charge in [-0.3, -0.25) is 0 Å². The highest BCUT2D eigenvalue weighted by Gasteiger charge is 2.29. The summed E-state index contributed by atoms with van der Waals surface area (Å²) in [4.78, 5) is 0.980. The first-order valence-corrected chi connectivity index (χ1v) is 7.17. The normalized spacial score (nSPS) is 12.8. The maximum atomic E-state index is 10.3. The zero-order valence-electron chi connectivity index (χ0n) is 9.91. The topological polar surface area (TPSA) is 88.0 Å². The molecule has 1 aliphatic heterocycles. The van der Waals surface area contributed by atoms with Crippen molar-refractivity contribution in [3.63, 3.8) is 0 Å². The predicted molar refractivity (Wildman–Crippen MR) is 77.2 cm³/mol. The van der Waals surface area contributed by atoms with Crippen LogP contribution in [-0.2, 0) is 0 Å². The summed E-state index contributed by atoms with van der Waals surface area (Å²) in [6.45, 7) is 0. The molecule has 0 spiro atoms. The number of nitriles is 2. The Balaban J connectivity index is 2.31. The van der Waals surface area contributed by atoms with Crippen LogP contribution in [0, 0.1) is 22.7 Å². The third kappa shape index (κ3) is 1.70. The summed E-state index contributed by atoms with van der Waals surface area (Å²) in [5.41, 5.74) is -0.0148. The lowest BCUT2D eigenvalue weighted by molar-refractivity contribution is 0.446. The molecule has 1 heterocycles. The molecule has 2 aromatic rings. The van der Waals surface area contributed by atoms with Gasteiger partial charge in [0.15, 0.2) is 0 Å². The maximum Gasteiger partial charge on any atom is 0.150 e. The largest absolute Gasteiger partial charge is 0.506 e. The molecule has 0 radical (unpaired) electrons. The average molecular weight is 298 g/mol. The van der Waals surface area contributed by atoms with E-state index in [1.807, 2.05) is 12.1 Å². The fourth-order valence-electron chi connectivity index (χ4n) is 1.97. The first-order chi connectivity index (χ1) is 9.67. The van der Waals surface area contributed by atoms with Crippen molar-refractivity contribution < 1.29 is 10.2 Å². The van der Waals surface area contributed by atoms with Crippen molar-refractivity contribution in [1.29, 1.82) is 10.5 Å². The van der Waals surface area contributed by atoms with E-state index in [4.69, 9.17) is 10.5 Å². The van der Waals surface area contributed by atoms with Crippen molar-refractivity contribution in [2.75, 3.05) is 0 Å². The second-order valence-corrected chi connectivity index (χ2v) is 6.29. The van der Waals surface area contributed by atoms with Gasteiger partial charge >= 0.3 is 0 Å². The van der Waals surface area contributed by atoms with Gasteiger partial charge in [0.25, 0.3) is 0 Å². The summed E-state index contributed by atoms with van der Waals surface area (Å²) in [5, 5.41) is 39.5. The van der Waals surface area contributed by atoms with Gasteiger partial charge < -0.3 is 10.2 Å². The van der Waals surface area contributed by atoms with Gasteiger partial charge in [0.05, 0.1) is 14.0 Å². The lowest BCUT2D eigenvalue weighted by atomic mass is 10.1. The first-order valence-electron chi connectivity index (χ1n) is 5.54. The van der Waals surface area contributed by atoms with Crippen LogP contribution in [0.2, 0.25) is 0 Å². The molecule has 0 aliphatic carbocycles. The molecule has 0 aromatic heterocycles. The summed E-state index contributed by atoms with van der Waals surface area (Å²) in [6, 6.07) is 10.6. The number of phenols is 2. The Morgan fingerprint density at radius 2 is 1.35 bits per heavy atom.